The van der Waals surface area contributed by atoms with Crippen LogP contribution in [0.5, 0.6) is 5.75 Å². The Morgan fingerprint density at radius 1 is 1.44 bits per heavy atom. The first-order valence-electron chi connectivity index (χ1n) is 5.56. The first-order chi connectivity index (χ1) is 8.65. The van der Waals surface area contributed by atoms with Gasteiger partial charge in [-0.1, -0.05) is 12.1 Å². The summed E-state index contributed by atoms with van der Waals surface area (Å²) in [6, 6.07) is 6.58. The summed E-state index contributed by atoms with van der Waals surface area (Å²) in [5, 5.41) is 19.1. The average molecular weight is 247 g/mol. The molecule has 2 rings (SSSR count). The van der Waals surface area contributed by atoms with Gasteiger partial charge in [0.15, 0.2) is 6.10 Å². The standard InChI is InChI=1S/C13H13NO4/c1-2-18-10-6-5-9(12(15)13(16)17)8-4-3-7-14-11(8)10/h3-7,12,15H,2H2,1H3,(H,16,17). The van der Waals surface area contributed by atoms with E-state index in [0.29, 0.717) is 28.8 Å². The highest BCUT2D eigenvalue weighted by Crippen LogP contribution is 2.30. The minimum absolute atomic E-state index is 0.314. The number of aliphatic hydroxyl groups is 1. The molecule has 0 saturated carbocycles. The fourth-order valence-electron chi connectivity index (χ4n) is 1.81. The van der Waals surface area contributed by atoms with Crippen molar-refractivity contribution in [2.45, 2.75) is 13.0 Å². The lowest BCUT2D eigenvalue weighted by atomic mass is 10.0. The van der Waals surface area contributed by atoms with Crippen molar-refractivity contribution in [3.05, 3.63) is 36.0 Å². The van der Waals surface area contributed by atoms with E-state index in [-0.39, 0.29) is 0 Å². The molecule has 2 aromatic rings. The van der Waals surface area contributed by atoms with Crippen LogP contribution in [0.4, 0.5) is 0 Å². The summed E-state index contributed by atoms with van der Waals surface area (Å²) in [6.07, 6.45) is 0.0364. The molecule has 1 atom stereocenters. The van der Waals surface area contributed by atoms with Crippen LogP contribution in [0.3, 0.4) is 0 Å². The Kier molecular flexibility index (Phi) is 3.43. The fourth-order valence-corrected chi connectivity index (χ4v) is 1.81. The summed E-state index contributed by atoms with van der Waals surface area (Å²) in [6.45, 7) is 2.35. The van der Waals surface area contributed by atoms with Crippen LogP contribution in [-0.4, -0.2) is 27.8 Å². The van der Waals surface area contributed by atoms with Gasteiger partial charge in [0.1, 0.15) is 11.3 Å². The summed E-state index contributed by atoms with van der Waals surface area (Å²) in [4.78, 5) is 15.0. The number of carbonyl (C=O) groups is 1. The second kappa shape index (κ2) is 5.01. The largest absolute Gasteiger partial charge is 0.492 e. The Bertz CT molecular complexity index is 582. The molecule has 0 aliphatic heterocycles. The SMILES string of the molecule is CCOc1ccc(C(O)C(=O)O)c2cccnc12. The van der Waals surface area contributed by atoms with Gasteiger partial charge in [-0.05, 0) is 19.1 Å². The third-order valence-corrected chi connectivity index (χ3v) is 2.59. The second-order valence-electron chi connectivity index (χ2n) is 3.73. The van der Waals surface area contributed by atoms with Crippen LogP contribution in [0.2, 0.25) is 0 Å². The molecule has 1 aromatic carbocycles. The minimum atomic E-state index is -1.56. The summed E-state index contributed by atoms with van der Waals surface area (Å²) >= 11 is 0. The molecule has 0 saturated heterocycles. The van der Waals surface area contributed by atoms with Gasteiger partial charge in [0.2, 0.25) is 0 Å². The molecule has 0 radical (unpaired) electrons. The van der Waals surface area contributed by atoms with E-state index in [1.165, 1.54) is 0 Å². The zero-order valence-electron chi connectivity index (χ0n) is 9.83. The smallest absolute Gasteiger partial charge is 0.337 e. The van der Waals surface area contributed by atoms with Crippen molar-refractivity contribution >= 4 is 16.9 Å². The van der Waals surface area contributed by atoms with Crippen LogP contribution in [-0.2, 0) is 4.79 Å². The lowest BCUT2D eigenvalue weighted by molar-refractivity contribution is -0.146. The molecule has 5 heteroatoms. The lowest BCUT2D eigenvalue weighted by Gasteiger charge is -2.12. The number of benzene rings is 1. The van der Waals surface area contributed by atoms with Gasteiger partial charge in [-0.25, -0.2) is 4.79 Å². The van der Waals surface area contributed by atoms with E-state index in [2.05, 4.69) is 4.98 Å². The number of aliphatic carboxylic acids is 1. The maximum absolute atomic E-state index is 10.9. The van der Waals surface area contributed by atoms with Gasteiger partial charge >= 0.3 is 5.97 Å². The molecule has 1 heterocycles. The topological polar surface area (TPSA) is 79.7 Å². The molecular weight excluding hydrogens is 234 g/mol. The minimum Gasteiger partial charge on any atom is -0.492 e. The van der Waals surface area contributed by atoms with Gasteiger partial charge in [0.05, 0.1) is 6.61 Å². The second-order valence-corrected chi connectivity index (χ2v) is 3.73. The molecule has 0 amide bonds. The molecule has 1 unspecified atom stereocenters. The number of pyridine rings is 1. The lowest BCUT2D eigenvalue weighted by Crippen LogP contribution is -2.11. The average Bonchev–Trinajstić information content (AvgIpc) is 2.38. The molecule has 0 spiro atoms. The molecule has 1 aromatic heterocycles. The molecule has 94 valence electrons. The highest BCUT2D eigenvalue weighted by atomic mass is 16.5. The highest BCUT2D eigenvalue weighted by molar-refractivity contribution is 5.91. The number of aromatic nitrogens is 1. The van der Waals surface area contributed by atoms with Gasteiger partial charge < -0.3 is 14.9 Å². The van der Waals surface area contributed by atoms with E-state index in [1.54, 1.807) is 30.5 Å². The summed E-state index contributed by atoms with van der Waals surface area (Å²) in [7, 11) is 0. The van der Waals surface area contributed by atoms with Crippen molar-refractivity contribution in [2.75, 3.05) is 6.61 Å². The number of carboxylic acids is 1. The van der Waals surface area contributed by atoms with Crippen LogP contribution < -0.4 is 4.74 Å². The number of rotatable bonds is 4. The Hall–Kier alpha value is -2.14. The van der Waals surface area contributed by atoms with Gasteiger partial charge in [-0.15, -0.1) is 0 Å². The molecule has 2 N–H and O–H groups in total. The van der Waals surface area contributed by atoms with Crippen molar-refractivity contribution in [2.24, 2.45) is 0 Å². The van der Waals surface area contributed by atoms with E-state index in [0.717, 1.165) is 0 Å². The van der Waals surface area contributed by atoms with Gasteiger partial charge in [0.25, 0.3) is 0 Å². The molecular formula is C13H13NO4. The van der Waals surface area contributed by atoms with Gasteiger partial charge in [-0.2, -0.15) is 0 Å². The predicted octanol–water partition coefficient (Wildman–Crippen LogP) is 1.75. The third-order valence-electron chi connectivity index (χ3n) is 2.59. The number of carboxylic acid groups (broad SMARTS) is 1. The van der Waals surface area contributed by atoms with Crippen LogP contribution >= 0.6 is 0 Å². The summed E-state index contributed by atoms with van der Waals surface area (Å²) < 4.78 is 5.42. The van der Waals surface area contributed by atoms with Crippen LogP contribution in [0.1, 0.15) is 18.6 Å². The molecule has 0 aliphatic rings. The number of hydrogen-bond acceptors (Lipinski definition) is 4. The van der Waals surface area contributed by atoms with Crippen LogP contribution in [0.25, 0.3) is 10.9 Å². The quantitative estimate of drug-likeness (QED) is 0.860. The first kappa shape index (κ1) is 12.3. The molecule has 0 aliphatic carbocycles. The van der Waals surface area contributed by atoms with Crippen molar-refractivity contribution in [3.8, 4) is 5.75 Å². The zero-order chi connectivity index (χ0) is 13.1. The van der Waals surface area contributed by atoms with Crippen molar-refractivity contribution < 1.29 is 19.7 Å². The summed E-state index contributed by atoms with van der Waals surface area (Å²) in [5.74, 6) is -0.709. The Morgan fingerprint density at radius 2 is 2.22 bits per heavy atom. The maximum atomic E-state index is 10.9. The van der Waals surface area contributed by atoms with Crippen molar-refractivity contribution in [3.63, 3.8) is 0 Å². The van der Waals surface area contributed by atoms with Crippen molar-refractivity contribution in [1.82, 2.24) is 4.98 Å². The Balaban J connectivity index is 2.64. The van der Waals surface area contributed by atoms with E-state index in [9.17, 15) is 9.90 Å². The Morgan fingerprint density at radius 3 is 2.89 bits per heavy atom. The molecule has 0 fully saturated rings. The number of ether oxygens (including phenoxy) is 1. The van der Waals surface area contributed by atoms with Crippen LogP contribution in [0, 0.1) is 0 Å². The maximum Gasteiger partial charge on any atom is 0.337 e. The first-order valence-corrected chi connectivity index (χ1v) is 5.56. The number of hydrogen-bond donors (Lipinski definition) is 2. The van der Waals surface area contributed by atoms with Gasteiger partial charge in [-0.3, -0.25) is 4.98 Å². The van der Waals surface area contributed by atoms with E-state index < -0.39 is 12.1 Å². The molecule has 0 bridgehead atoms. The number of nitrogens with zero attached hydrogens (tertiary/aromatic N) is 1. The summed E-state index contributed by atoms with van der Waals surface area (Å²) in [5.41, 5.74) is 0.867. The predicted molar refractivity (Wildman–Crippen MR) is 65.5 cm³/mol. The molecule has 18 heavy (non-hydrogen) atoms. The number of fused-ring (bicyclic) bond motifs is 1. The Labute approximate surface area is 104 Å². The van der Waals surface area contributed by atoms with Gasteiger partial charge in [0, 0.05) is 17.1 Å². The normalized spacial score (nSPS) is 12.3. The zero-order valence-corrected chi connectivity index (χ0v) is 9.83. The van der Waals surface area contributed by atoms with E-state index in [4.69, 9.17) is 9.84 Å². The van der Waals surface area contributed by atoms with Crippen molar-refractivity contribution in [1.29, 1.82) is 0 Å². The van der Waals surface area contributed by atoms with Crippen LogP contribution in [0.15, 0.2) is 30.5 Å². The van der Waals surface area contributed by atoms with E-state index >= 15 is 0 Å². The number of aliphatic hydroxyl groups excluding tert-OH is 1. The monoisotopic (exact) mass is 247 g/mol. The fraction of sp³-hybridized carbons (Fsp3) is 0.231. The van der Waals surface area contributed by atoms with E-state index in [1.807, 2.05) is 6.92 Å². The third kappa shape index (κ3) is 2.12. The highest BCUT2D eigenvalue weighted by Gasteiger charge is 2.20. The molecule has 5 nitrogen and oxygen atoms in total.